The largest absolute Gasteiger partial charge is 0.383 e. The first-order valence-corrected chi connectivity index (χ1v) is 9.29. The number of benzene rings is 1. The first kappa shape index (κ1) is 17.2. The first-order valence-electron chi connectivity index (χ1n) is 8.48. The van der Waals surface area contributed by atoms with Crippen molar-refractivity contribution in [1.29, 1.82) is 0 Å². The molecule has 130 valence electrons. The zero-order valence-corrected chi connectivity index (χ0v) is 15.4. The van der Waals surface area contributed by atoms with E-state index in [0.29, 0.717) is 13.2 Å². The van der Waals surface area contributed by atoms with Crippen LogP contribution in [0.2, 0.25) is 0 Å². The SMILES string of the molecule is COCCNC(=O)C1CCN(c2nc3c(C)cc(C)cc3s2)CC1. The quantitative estimate of drug-likeness (QED) is 0.845. The second-order valence-electron chi connectivity index (χ2n) is 6.47. The van der Waals surface area contributed by atoms with Gasteiger partial charge in [0.15, 0.2) is 5.13 Å². The van der Waals surface area contributed by atoms with Crippen LogP contribution in [0.4, 0.5) is 5.13 Å². The summed E-state index contributed by atoms with van der Waals surface area (Å²) in [4.78, 5) is 19.3. The van der Waals surface area contributed by atoms with Gasteiger partial charge in [0.2, 0.25) is 5.91 Å². The maximum absolute atomic E-state index is 12.1. The van der Waals surface area contributed by atoms with Crippen LogP contribution in [0, 0.1) is 19.8 Å². The van der Waals surface area contributed by atoms with Gasteiger partial charge in [0.05, 0.1) is 16.8 Å². The molecule has 0 radical (unpaired) electrons. The normalized spacial score (nSPS) is 15.9. The molecule has 1 aliphatic heterocycles. The summed E-state index contributed by atoms with van der Waals surface area (Å²) < 4.78 is 6.22. The highest BCUT2D eigenvalue weighted by Crippen LogP contribution is 2.33. The van der Waals surface area contributed by atoms with Crippen molar-refractivity contribution in [1.82, 2.24) is 10.3 Å². The van der Waals surface area contributed by atoms with Crippen molar-refractivity contribution >= 4 is 32.6 Å². The Balaban J connectivity index is 1.62. The van der Waals surface area contributed by atoms with E-state index >= 15 is 0 Å². The smallest absolute Gasteiger partial charge is 0.223 e. The number of amides is 1. The third-order valence-electron chi connectivity index (χ3n) is 4.56. The van der Waals surface area contributed by atoms with E-state index in [4.69, 9.17) is 9.72 Å². The van der Waals surface area contributed by atoms with E-state index in [9.17, 15) is 4.79 Å². The molecule has 1 N–H and O–H groups in total. The van der Waals surface area contributed by atoms with Gasteiger partial charge in [-0.2, -0.15) is 0 Å². The number of methoxy groups -OCH3 is 1. The summed E-state index contributed by atoms with van der Waals surface area (Å²) in [7, 11) is 1.64. The predicted octanol–water partition coefficient (Wildman–Crippen LogP) is 2.89. The van der Waals surface area contributed by atoms with Crippen molar-refractivity contribution in [3.63, 3.8) is 0 Å². The summed E-state index contributed by atoms with van der Waals surface area (Å²) in [5.41, 5.74) is 3.63. The van der Waals surface area contributed by atoms with Crippen LogP contribution in [0.25, 0.3) is 10.2 Å². The van der Waals surface area contributed by atoms with Gasteiger partial charge in [0, 0.05) is 32.7 Å². The minimum absolute atomic E-state index is 0.108. The van der Waals surface area contributed by atoms with Crippen LogP contribution in [0.5, 0.6) is 0 Å². The van der Waals surface area contributed by atoms with Gasteiger partial charge in [-0.15, -0.1) is 0 Å². The molecule has 1 aliphatic rings. The Morgan fingerprint density at radius 2 is 2.12 bits per heavy atom. The summed E-state index contributed by atoms with van der Waals surface area (Å²) in [6.45, 7) is 7.18. The van der Waals surface area contributed by atoms with Crippen LogP contribution < -0.4 is 10.2 Å². The van der Waals surface area contributed by atoms with Gasteiger partial charge in [-0.1, -0.05) is 17.4 Å². The molecule has 5 nitrogen and oxygen atoms in total. The van der Waals surface area contributed by atoms with Crippen molar-refractivity contribution in [3.05, 3.63) is 23.3 Å². The zero-order valence-electron chi connectivity index (χ0n) is 14.6. The molecule has 3 rings (SSSR count). The Kier molecular flexibility index (Phi) is 5.36. The third-order valence-corrected chi connectivity index (χ3v) is 5.62. The van der Waals surface area contributed by atoms with Crippen molar-refractivity contribution < 1.29 is 9.53 Å². The molecule has 0 atom stereocenters. The lowest BCUT2D eigenvalue weighted by Gasteiger charge is -2.31. The van der Waals surface area contributed by atoms with Crippen molar-refractivity contribution in [2.24, 2.45) is 5.92 Å². The maximum atomic E-state index is 12.1. The van der Waals surface area contributed by atoms with Crippen molar-refractivity contribution in [2.75, 3.05) is 38.3 Å². The van der Waals surface area contributed by atoms with Gasteiger partial charge in [0.1, 0.15) is 0 Å². The standard InChI is InChI=1S/C18H25N3O2S/c1-12-10-13(2)16-15(11-12)24-18(20-16)21-7-4-14(5-8-21)17(22)19-6-9-23-3/h10-11,14H,4-9H2,1-3H3,(H,19,22). The van der Waals surface area contributed by atoms with Gasteiger partial charge in [-0.25, -0.2) is 4.98 Å². The van der Waals surface area contributed by atoms with Gasteiger partial charge in [-0.3, -0.25) is 4.79 Å². The second kappa shape index (κ2) is 7.49. The summed E-state index contributed by atoms with van der Waals surface area (Å²) >= 11 is 1.76. The average Bonchev–Trinajstić information content (AvgIpc) is 2.99. The molecule has 1 aromatic heterocycles. The van der Waals surface area contributed by atoms with E-state index < -0.39 is 0 Å². The molecule has 2 heterocycles. The number of aryl methyl sites for hydroxylation is 2. The molecule has 1 aromatic carbocycles. The van der Waals surface area contributed by atoms with E-state index in [2.05, 4.69) is 36.2 Å². The van der Waals surface area contributed by atoms with Gasteiger partial charge in [0.25, 0.3) is 0 Å². The van der Waals surface area contributed by atoms with Crippen LogP contribution >= 0.6 is 11.3 Å². The summed E-state index contributed by atoms with van der Waals surface area (Å²) in [6, 6.07) is 4.39. The number of thiazole rings is 1. The maximum Gasteiger partial charge on any atom is 0.223 e. The number of nitrogens with zero attached hydrogens (tertiary/aromatic N) is 2. The van der Waals surface area contributed by atoms with E-state index in [1.807, 2.05) is 0 Å². The van der Waals surface area contributed by atoms with E-state index in [0.717, 1.165) is 36.6 Å². The van der Waals surface area contributed by atoms with Crippen LogP contribution in [0.15, 0.2) is 12.1 Å². The fraction of sp³-hybridized carbons (Fsp3) is 0.556. The molecular formula is C18H25N3O2S. The van der Waals surface area contributed by atoms with E-state index in [1.54, 1.807) is 18.4 Å². The topological polar surface area (TPSA) is 54.5 Å². The van der Waals surface area contributed by atoms with Gasteiger partial charge < -0.3 is 15.0 Å². The minimum atomic E-state index is 0.108. The number of aromatic nitrogens is 1. The van der Waals surface area contributed by atoms with Gasteiger partial charge in [-0.05, 0) is 43.9 Å². The molecule has 0 spiro atoms. The average molecular weight is 347 g/mol. The second-order valence-corrected chi connectivity index (χ2v) is 7.48. The van der Waals surface area contributed by atoms with Crippen molar-refractivity contribution in [2.45, 2.75) is 26.7 Å². The van der Waals surface area contributed by atoms with Crippen LogP contribution in [0.1, 0.15) is 24.0 Å². The molecular weight excluding hydrogens is 322 g/mol. The Morgan fingerprint density at radius 3 is 2.83 bits per heavy atom. The number of ether oxygens (including phenoxy) is 1. The lowest BCUT2D eigenvalue weighted by atomic mass is 9.96. The Hall–Kier alpha value is -1.66. The highest BCUT2D eigenvalue weighted by atomic mass is 32.1. The number of nitrogens with one attached hydrogen (secondary N) is 1. The number of rotatable bonds is 5. The number of hydrogen-bond acceptors (Lipinski definition) is 5. The molecule has 0 unspecified atom stereocenters. The predicted molar refractivity (Wildman–Crippen MR) is 98.9 cm³/mol. The number of carbonyl (C=O) groups excluding carboxylic acids is 1. The number of anilines is 1. The third kappa shape index (κ3) is 3.70. The fourth-order valence-electron chi connectivity index (χ4n) is 3.25. The lowest BCUT2D eigenvalue weighted by molar-refractivity contribution is -0.125. The molecule has 1 fully saturated rings. The van der Waals surface area contributed by atoms with Crippen LogP contribution in [-0.2, 0) is 9.53 Å². The Morgan fingerprint density at radius 1 is 1.38 bits per heavy atom. The van der Waals surface area contributed by atoms with Gasteiger partial charge >= 0.3 is 0 Å². The number of carbonyl (C=O) groups is 1. The number of fused-ring (bicyclic) bond motifs is 1. The molecule has 2 aromatic rings. The Labute approximate surface area is 147 Å². The summed E-state index contributed by atoms with van der Waals surface area (Å²) in [5.74, 6) is 0.263. The molecule has 0 saturated carbocycles. The molecule has 0 aliphatic carbocycles. The van der Waals surface area contributed by atoms with Crippen molar-refractivity contribution in [3.8, 4) is 0 Å². The minimum Gasteiger partial charge on any atom is -0.383 e. The molecule has 0 bridgehead atoms. The van der Waals surface area contributed by atoms with E-state index in [1.165, 1.54) is 15.8 Å². The molecule has 24 heavy (non-hydrogen) atoms. The molecule has 1 saturated heterocycles. The lowest BCUT2D eigenvalue weighted by Crippen LogP contribution is -2.41. The van der Waals surface area contributed by atoms with E-state index in [-0.39, 0.29) is 11.8 Å². The highest BCUT2D eigenvalue weighted by Gasteiger charge is 2.26. The zero-order chi connectivity index (χ0) is 17.1. The fourth-order valence-corrected chi connectivity index (χ4v) is 4.44. The highest BCUT2D eigenvalue weighted by molar-refractivity contribution is 7.22. The number of hydrogen-bond donors (Lipinski definition) is 1. The Bertz CT molecular complexity index is 720. The van der Waals surface area contributed by atoms with Crippen LogP contribution in [-0.4, -0.2) is 44.2 Å². The first-order chi connectivity index (χ1) is 11.6. The molecule has 6 heteroatoms. The molecule has 1 amide bonds. The number of piperidine rings is 1. The summed E-state index contributed by atoms with van der Waals surface area (Å²) in [5, 5.41) is 4.03. The summed E-state index contributed by atoms with van der Waals surface area (Å²) in [6.07, 6.45) is 1.76. The van der Waals surface area contributed by atoms with Crippen LogP contribution in [0.3, 0.4) is 0 Å². The monoisotopic (exact) mass is 347 g/mol.